The Morgan fingerprint density at radius 1 is 1.39 bits per heavy atom. The molecule has 3 rings (SSSR count). The van der Waals surface area contributed by atoms with Crippen molar-refractivity contribution in [3.63, 3.8) is 0 Å². The third-order valence-corrected chi connectivity index (χ3v) is 7.09. The van der Waals surface area contributed by atoms with E-state index in [0.29, 0.717) is 51.2 Å². The van der Waals surface area contributed by atoms with Crippen molar-refractivity contribution in [3.05, 3.63) is 23.8 Å². The van der Waals surface area contributed by atoms with Crippen LogP contribution in [-0.4, -0.2) is 72.2 Å². The van der Waals surface area contributed by atoms with Crippen molar-refractivity contribution in [2.24, 2.45) is 17.8 Å². The fourth-order valence-electron chi connectivity index (χ4n) is 5.20. The van der Waals surface area contributed by atoms with Crippen molar-refractivity contribution in [1.82, 2.24) is 4.90 Å². The maximum absolute atomic E-state index is 12.1. The lowest BCUT2D eigenvalue weighted by molar-refractivity contribution is -0.140. The van der Waals surface area contributed by atoms with Gasteiger partial charge in [-0.2, -0.15) is 0 Å². The van der Waals surface area contributed by atoms with Gasteiger partial charge in [0, 0.05) is 19.0 Å². The molecule has 0 bridgehead atoms. The highest BCUT2D eigenvalue weighted by Crippen LogP contribution is 2.48. The van der Waals surface area contributed by atoms with Crippen LogP contribution in [0, 0.1) is 17.8 Å². The zero-order valence-corrected chi connectivity index (χ0v) is 19.3. The van der Waals surface area contributed by atoms with Gasteiger partial charge in [0.25, 0.3) is 0 Å². The molecule has 1 heterocycles. The molecule has 5 atom stereocenters. The Bertz CT molecular complexity index is 638. The van der Waals surface area contributed by atoms with Gasteiger partial charge in [-0.1, -0.05) is 43.6 Å². The first-order valence-electron chi connectivity index (χ1n) is 12.1. The Kier molecular flexibility index (Phi) is 9.14. The van der Waals surface area contributed by atoms with Crippen LogP contribution in [0.25, 0.3) is 0 Å². The van der Waals surface area contributed by atoms with E-state index in [1.54, 1.807) is 4.90 Å². The molecule has 2 aliphatic carbocycles. The minimum absolute atomic E-state index is 0.0451. The van der Waals surface area contributed by atoms with Crippen LogP contribution in [0.3, 0.4) is 0 Å². The van der Waals surface area contributed by atoms with Crippen LogP contribution >= 0.6 is 0 Å². The van der Waals surface area contributed by atoms with Crippen LogP contribution in [-0.2, 0) is 14.3 Å². The van der Waals surface area contributed by atoms with Gasteiger partial charge in [-0.15, -0.1) is 0 Å². The Balaban J connectivity index is 1.39. The van der Waals surface area contributed by atoms with E-state index in [4.69, 9.17) is 9.47 Å². The van der Waals surface area contributed by atoms with Gasteiger partial charge in [0.1, 0.15) is 6.61 Å². The van der Waals surface area contributed by atoms with Gasteiger partial charge in [0.2, 0.25) is 5.91 Å². The molecule has 0 aromatic heterocycles. The summed E-state index contributed by atoms with van der Waals surface area (Å²) in [5, 5.41) is 21.0. The molecule has 2 N–H and O–H groups in total. The van der Waals surface area contributed by atoms with E-state index < -0.39 is 5.60 Å². The first-order valence-corrected chi connectivity index (χ1v) is 12.1. The molecule has 0 aromatic carbocycles. The first-order chi connectivity index (χ1) is 14.9. The average molecular weight is 436 g/mol. The van der Waals surface area contributed by atoms with Crippen molar-refractivity contribution in [1.29, 1.82) is 0 Å². The average Bonchev–Trinajstić information content (AvgIpc) is 3.27. The number of morpholine rings is 1. The number of ether oxygens (including phenoxy) is 2. The molecule has 0 radical (unpaired) electrons. The third kappa shape index (κ3) is 7.14. The van der Waals surface area contributed by atoms with E-state index in [1.807, 2.05) is 6.92 Å². The molecular formula is C25H41NO5. The molecule has 1 amide bonds. The zero-order valence-electron chi connectivity index (χ0n) is 19.3. The van der Waals surface area contributed by atoms with Gasteiger partial charge in [-0.25, -0.2) is 0 Å². The van der Waals surface area contributed by atoms with E-state index in [9.17, 15) is 15.0 Å². The summed E-state index contributed by atoms with van der Waals surface area (Å²) in [4.78, 5) is 13.9. The lowest BCUT2D eigenvalue weighted by Crippen LogP contribution is -2.42. The first kappa shape index (κ1) is 24.4. The molecule has 6 nitrogen and oxygen atoms in total. The molecule has 0 aromatic rings. The number of hydrogen-bond acceptors (Lipinski definition) is 5. The minimum atomic E-state index is -0.662. The van der Waals surface area contributed by atoms with Gasteiger partial charge >= 0.3 is 0 Å². The number of rotatable bonds is 11. The van der Waals surface area contributed by atoms with Crippen molar-refractivity contribution in [3.8, 4) is 0 Å². The van der Waals surface area contributed by atoms with Crippen LogP contribution in [0.5, 0.6) is 0 Å². The summed E-state index contributed by atoms with van der Waals surface area (Å²) < 4.78 is 10.9. The van der Waals surface area contributed by atoms with Gasteiger partial charge in [-0.3, -0.25) is 4.79 Å². The van der Waals surface area contributed by atoms with Crippen molar-refractivity contribution >= 4 is 5.91 Å². The highest BCUT2D eigenvalue weighted by molar-refractivity contribution is 5.77. The van der Waals surface area contributed by atoms with E-state index in [-0.39, 0.29) is 24.5 Å². The highest BCUT2D eigenvalue weighted by atomic mass is 16.5. The number of allylic oxidation sites excluding steroid dienone is 1. The number of aliphatic hydroxyl groups is 2. The maximum Gasteiger partial charge on any atom is 0.248 e. The van der Waals surface area contributed by atoms with Crippen LogP contribution in [0.2, 0.25) is 0 Å². The zero-order chi connectivity index (χ0) is 22.3. The fraction of sp³-hybridized carbons (Fsp3) is 0.800. The normalized spacial score (nSPS) is 30.5. The van der Waals surface area contributed by atoms with Crippen LogP contribution in [0.15, 0.2) is 23.8 Å². The molecule has 1 saturated carbocycles. The van der Waals surface area contributed by atoms with Gasteiger partial charge in [-0.05, 0) is 50.9 Å². The number of unbranched alkanes of at least 4 members (excludes halogenated alkanes) is 1. The third-order valence-electron chi connectivity index (χ3n) is 7.09. The number of amides is 1. The van der Waals surface area contributed by atoms with Gasteiger partial charge in [0.05, 0.1) is 31.5 Å². The monoisotopic (exact) mass is 435 g/mol. The van der Waals surface area contributed by atoms with Crippen molar-refractivity contribution in [2.45, 2.75) is 70.5 Å². The molecule has 0 unspecified atom stereocenters. The fourth-order valence-corrected chi connectivity index (χ4v) is 5.20. The Hall–Kier alpha value is -1.21. The number of carbonyl (C=O) groups excluding carboxylic acids is 1. The number of hydrogen-bond donors (Lipinski definition) is 2. The Morgan fingerprint density at radius 2 is 2.16 bits per heavy atom. The second-order valence-corrected chi connectivity index (χ2v) is 9.77. The molecular weight excluding hydrogens is 394 g/mol. The van der Waals surface area contributed by atoms with E-state index in [1.165, 1.54) is 5.57 Å². The van der Waals surface area contributed by atoms with E-state index in [0.717, 1.165) is 38.5 Å². The quantitative estimate of drug-likeness (QED) is 0.385. The van der Waals surface area contributed by atoms with E-state index >= 15 is 0 Å². The SMILES string of the molecule is CCCC[C@](C)(O)C/C=C/[C@@H]1[C@H]2CC(CCOCC(=O)N3CCOCC3)=C[C@H]2C[C@H]1O. The molecule has 3 aliphatic rings. The number of nitrogens with zero attached hydrogens (tertiary/aromatic N) is 1. The molecule has 1 aliphatic heterocycles. The number of fused-ring (bicyclic) bond motifs is 1. The topological polar surface area (TPSA) is 79.2 Å². The van der Waals surface area contributed by atoms with Crippen molar-refractivity contribution < 1.29 is 24.5 Å². The molecule has 0 spiro atoms. The summed E-state index contributed by atoms with van der Waals surface area (Å²) in [6, 6.07) is 0. The number of aliphatic hydroxyl groups excluding tert-OH is 1. The second-order valence-electron chi connectivity index (χ2n) is 9.77. The molecule has 1 saturated heterocycles. The second kappa shape index (κ2) is 11.6. The Labute approximate surface area is 187 Å². The number of carbonyl (C=O) groups is 1. The molecule has 2 fully saturated rings. The summed E-state index contributed by atoms with van der Waals surface area (Å²) in [7, 11) is 0. The van der Waals surface area contributed by atoms with E-state index in [2.05, 4.69) is 25.2 Å². The summed E-state index contributed by atoms with van der Waals surface area (Å²) >= 11 is 0. The highest BCUT2D eigenvalue weighted by Gasteiger charge is 2.43. The summed E-state index contributed by atoms with van der Waals surface area (Å²) in [5.74, 6) is 1.07. The van der Waals surface area contributed by atoms with Crippen LogP contribution < -0.4 is 0 Å². The summed E-state index contributed by atoms with van der Waals surface area (Å²) in [6.45, 7) is 7.27. The van der Waals surface area contributed by atoms with Crippen LogP contribution in [0.1, 0.15) is 58.8 Å². The van der Waals surface area contributed by atoms with Crippen LogP contribution in [0.4, 0.5) is 0 Å². The summed E-state index contributed by atoms with van der Waals surface area (Å²) in [5.41, 5.74) is 0.721. The smallest absolute Gasteiger partial charge is 0.248 e. The minimum Gasteiger partial charge on any atom is -0.392 e. The molecule has 176 valence electrons. The summed E-state index contributed by atoms with van der Waals surface area (Å²) in [6.07, 6.45) is 12.5. The van der Waals surface area contributed by atoms with Gasteiger partial charge < -0.3 is 24.6 Å². The Morgan fingerprint density at radius 3 is 2.90 bits per heavy atom. The predicted octanol–water partition coefficient (Wildman–Crippen LogP) is 3.08. The largest absolute Gasteiger partial charge is 0.392 e. The van der Waals surface area contributed by atoms with Gasteiger partial charge in [0.15, 0.2) is 0 Å². The lowest BCUT2D eigenvalue weighted by Gasteiger charge is -2.26. The standard InChI is InChI=1S/C25H41NO5/c1-3-4-8-25(2,29)9-5-6-21-22-16-19(15-20(22)17-23(21)27)7-12-31-18-24(28)26-10-13-30-14-11-26/h5-6,15,20-23,27,29H,3-4,7-14,16-18H2,1-2H3/b6-5+/t20-,21+,22-,23+,25-/m0/s1. The molecule has 6 heteroatoms. The van der Waals surface area contributed by atoms with Crippen molar-refractivity contribution in [2.75, 3.05) is 39.5 Å². The maximum atomic E-state index is 12.1. The lowest BCUT2D eigenvalue weighted by atomic mass is 9.88. The predicted molar refractivity (Wildman–Crippen MR) is 121 cm³/mol. The molecule has 31 heavy (non-hydrogen) atoms.